The Hall–Kier alpha value is -3.38. The Morgan fingerprint density at radius 2 is 1.89 bits per heavy atom. The number of pyridine rings is 1. The standard InChI is InChI=1S/C29H30N4OS/c1-21-7-2-3-11-25(21)26-20-31-29(23-8-5-15-30-19-23)32-28(26)22-13-16-33(17-14-22)27(34)12-4-9-24-10-6-18-35-24/h2-3,5-8,10-11,15,18-20,22H,4,9,12-14,16-17H2,1H3. The van der Waals surface area contributed by atoms with Crippen LogP contribution in [0.1, 0.15) is 47.7 Å². The molecule has 0 saturated carbocycles. The monoisotopic (exact) mass is 482 g/mol. The van der Waals surface area contributed by atoms with Gasteiger partial charge in [0.2, 0.25) is 5.91 Å². The van der Waals surface area contributed by atoms with Crippen LogP contribution in [-0.4, -0.2) is 38.8 Å². The van der Waals surface area contributed by atoms with E-state index in [9.17, 15) is 4.79 Å². The van der Waals surface area contributed by atoms with Crippen LogP contribution >= 0.6 is 11.3 Å². The highest BCUT2D eigenvalue weighted by molar-refractivity contribution is 7.09. The van der Waals surface area contributed by atoms with Gasteiger partial charge in [-0.15, -0.1) is 11.3 Å². The van der Waals surface area contributed by atoms with Crippen molar-refractivity contribution in [3.05, 3.63) is 88.6 Å². The molecule has 4 aromatic rings. The normalized spacial score (nSPS) is 14.3. The van der Waals surface area contributed by atoms with E-state index in [1.165, 1.54) is 16.0 Å². The van der Waals surface area contributed by atoms with Crippen molar-refractivity contribution >= 4 is 17.2 Å². The summed E-state index contributed by atoms with van der Waals surface area (Å²) >= 11 is 1.77. The number of thiophene rings is 1. The minimum Gasteiger partial charge on any atom is -0.343 e. The first-order valence-electron chi connectivity index (χ1n) is 12.3. The quantitative estimate of drug-likeness (QED) is 0.310. The molecule has 0 atom stereocenters. The van der Waals surface area contributed by atoms with E-state index in [2.05, 4.69) is 53.7 Å². The van der Waals surface area contributed by atoms with Crippen LogP contribution in [0.4, 0.5) is 0 Å². The number of likely N-dealkylation sites (tertiary alicyclic amines) is 1. The van der Waals surface area contributed by atoms with Gasteiger partial charge in [-0.05, 0) is 67.3 Å². The molecule has 0 radical (unpaired) electrons. The second-order valence-electron chi connectivity index (χ2n) is 9.14. The van der Waals surface area contributed by atoms with Gasteiger partial charge in [0.05, 0.1) is 5.69 Å². The Bertz CT molecular complexity index is 1270. The van der Waals surface area contributed by atoms with E-state index in [0.29, 0.717) is 12.2 Å². The summed E-state index contributed by atoms with van der Waals surface area (Å²) in [6.07, 6.45) is 9.89. The van der Waals surface area contributed by atoms with Crippen molar-refractivity contribution < 1.29 is 4.79 Å². The van der Waals surface area contributed by atoms with Crippen LogP contribution in [-0.2, 0) is 11.2 Å². The van der Waals surface area contributed by atoms with E-state index in [4.69, 9.17) is 9.97 Å². The molecule has 0 aliphatic carbocycles. The van der Waals surface area contributed by atoms with Crippen molar-refractivity contribution in [1.82, 2.24) is 19.9 Å². The van der Waals surface area contributed by atoms with Gasteiger partial charge in [-0.1, -0.05) is 30.3 Å². The summed E-state index contributed by atoms with van der Waals surface area (Å²) in [6.45, 7) is 3.69. The molecule has 4 heterocycles. The lowest BCUT2D eigenvalue weighted by Gasteiger charge is -2.33. The van der Waals surface area contributed by atoms with Gasteiger partial charge in [0, 0.05) is 60.0 Å². The summed E-state index contributed by atoms with van der Waals surface area (Å²) in [6, 6.07) is 16.5. The molecule has 6 heteroatoms. The fraction of sp³-hybridized carbons (Fsp3) is 0.310. The molecule has 0 N–H and O–H groups in total. The van der Waals surface area contributed by atoms with Crippen molar-refractivity contribution in [3.8, 4) is 22.5 Å². The van der Waals surface area contributed by atoms with Crippen LogP contribution in [0.15, 0.2) is 72.5 Å². The van der Waals surface area contributed by atoms with E-state index in [1.54, 1.807) is 17.5 Å². The highest BCUT2D eigenvalue weighted by Gasteiger charge is 2.27. The first-order valence-corrected chi connectivity index (χ1v) is 13.2. The lowest BCUT2D eigenvalue weighted by molar-refractivity contribution is -0.132. The molecular formula is C29H30N4OS. The number of benzene rings is 1. The number of nitrogens with zero attached hydrogens (tertiary/aromatic N) is 4. The molecule has 5 rings (SSSR count). The topological polar surface area (TPSA) is 59.0 Å². The molecule has 1 fully saturated rings. The van der Waals surface area contributed by atoms with E-state index in [0.717, 1.165) is 55.6 Å². The summed E-state index contributed by atoms with van der Waals surface area (Å²) < 4.78 is 0. The summed E-state index contributed by atoms with van der Waals surface area (Å²) in [7, 11) is 0. The fourth-order valence-corrected chi connectivity index (χ4v) is 5.60. The molecule has 1 aromatic carbocycles. The Morgan fingerprint density at radius 1 is 1.03 bits per heavy atom. The van der Waals surface area contributed by atoms with Gasteiger partial charge in [0.15, 0.2) is 5.82 Å². The van der Waals surface area contributed by atoms with Crippen molar-refractivity contribution in [2.75, 3.05) is 13.1 Å². The van der Waals surface area contributed by atoms with Crippen molar-refractivity contribution in [2.24, 2.45) is 0 Å². The SMILES string of the molecule is Cc1ccccc1-c1cnc(-c2cccnc2)nc1C1CCN(C(=O)CCCc2cccs2)CC1. The van der Waals surface area contributed by atoms with Gasteiger partial charge in [-0.3, -0.25) is 9.78 Å². The Kier molecular flexibility index (Phi) is 7.28. The molecule has 0 unspecified atom stereocenters. The fourth-order valence-electron chi connectivity index (χ4n) is 4.85. The predicted octanol–water partition coefficient (Wildman–Crippen LogP) is 6.30. The van der Waals surface area contributed by atoms with Crippen LogP contribution in [0.2, 0.25) is 0 Å². The number of amides is 1. The van der Waals surface area contributed by atoms with Crippen LogP contribution in [0.5, 0.6) is 0 Å². The van der Waals surface area contributed by atoms with Gasteiger partial charge >= 0.3 is 0 Å². The van der Waals surface area contributed by atoms with Crippen LogP contribution in [0.25, 0.3) is 22.5 Å². The van der Waals surface area contributed by atoms with Gasteiger partial charge in [-0.2, -0.15) is 0 Å². The molecule has 178 valence electrons. The summed E-state index contributed by atoms with van der Waals surface area (Å²) in [5.41, 5.74) is 5.48. The first-order chi connectivity index (χ1) is 17.2. The second kappa shape index (κ2) is 10.9. The number of piperidine rings is 1. The maximum Gasteiger partial charge on any atom is 0.222 e. The molecule has 5 nitrogen and oxygen atoms in total. The largest absolute Gasteiger partial charge is 0.343 e. The van der Waals surface area contributed by atoms with E-state index in [-0.39, 0.29) is 11.8 Å². The van der Waals surface area contributed by atoms with Crippen molar-refractivity contribution in [1.29, 1.82) is 0 Å². The number of aryl methyl sites for hydroxylation is 2. The number of carbonyl (C=O) groups is 1. The number of rotatable bonds is 7. The Labute approximate surface area is 210 Å². The maximum atomic E-state index is 12.8. The van der Waals surface area contributed by atoms with E-state index < -0.39 is 0 Å². The first kappa shape index (κ1) is 23.4. The van der Waals surface area contributed by atoms with Gasteiger partial charge in [0.1, 0.15) is 0 Å². The molecule has 0 spiro atoms. The van der Waals surface area contributed by atoms with Crippen LogP contribution in [0.3, 0.4) is 0 Å². The molecule has 1 aliphatic rings. The Balaban J connectivity index is 1.33. The zero-order chi connectivity index (χ0) is 24.0. The van der Waals surface area contributed by atoms with Crippen LogP contribution < -0.4 is 0 Å². The summed E-state index contributed by atoms with van der Waals surface area (Å²) in [5.74, 6) is 1.27. The third-order valence-electron chi connectivity index (χ3n) is 6.80. The zero-order valence-electron chi connectivity index (χ0n) is 20.1. The van der Waals surface area contributed by atoms with Gasteiger partial charge < -0.3 is 4.90 Å². The summed E-state index contributed by atoms with van der Waals surface area (Å²) in [5, 5.41) is 2.10. The smallest absolute Gasteiger partial charge is 0.222 e. The van der Waals surface area contributed by atoms with Crippen molar-refractivity contribution in [3.63, 3.8) is 0 Å². The van der Waals surface area contributed by atoms with Crippen LogP contribution in [0, 0.1) is 6.92 Å². The maximum absolute atomic E-state index is 12.8. The molecule has 3 aromatic heterocycles. The third kappa shape index (κ3) is 5.49. The molecule has 0 bridgehead atoms. The number of carbonyl (C=O) groups excluding carboxylic acids is 1. The van der Waals surface area contributed by atoms with Crippen molar-refractivity contribution in [2.45, 2.75) is 44.9 Å². The number of hydrogen-bond acceptors (Lipinski definition) is 5. The second-order valence-corrected chi connectivity index (χ2v) is 10.2. The Morgan fingerprint density at radius 3 is 2.63 bits per heavy atom. The average Bonchev–Trinajstić information content (AvgIpc) is 3.43. The molecule has 1 amide bonds. The molecule has 35 heavy (non-hydrogen) atoms. The average molecular weight is 483 g/mol. The van der Waals surface area contributed by atoms with E-state index in [1.807, 2.05) is 29.4 Å². The zero-order valence-corrected chi connectivity index (χ0v) is 20.9. The highest BCUT2D eigenvalue weighted by Crippen LogP contribution is 2.36. The lowest BCUT2D eigenvalue weighted by atomic mass is 9.87. The number of hydrogen-bond donors (Lipinski definition) is 0. The summed E-state index contributed by atoms with van der Waals surface area (Å²) in [4.78, 5) is 30.3. The predicted molar refractivity (Wildman–Crippen MR) is 141 cm³/mol. The minimum atomic E-state index is 0.276. The third-order valence-corrected chi connectivity index (χ3v) is 7.74. The minimum absolute atomic E-state index is 0.276. The number of aromatic nitrogens is 3. The molecule has 1 saturated heterocycles. The lowest BCUT2D eigenvalue weighted by Crippen LogP contribution is -2.38. The molecular weight excluding hydrogens is 452 g/mol. The van der Waals surface area contributed by atoms with Gasteiger partial charge in [0.25, 0.3) is 0 Å². The van der Waals surface area contributed by atoms with Gasteiger partial charge in [-0.25, -0.2) is 9.97 Å². The molecule has 1 aliphatic heterocycles. The highest BCUT2D eigenvalue weighted by atomic mass is 32.1. The van der Waals surface area contributed by atoms with E-state index >= 15 is 0 Å².